The summed E-state index contributed by atoms with van der Waals surface area (Å²) in [5.41, 5.74) is -0.117. The molecule has 5 nitrogen and oxygen atoms in total. The third-order valence-corrected chi connectivity index (χ3v) is 7.02. The van der Waals surface area contributed by atoms with Gasteiger partial charge >= 0.3 is 6.03 Å². The predicted molar refractivity (Wildman–Crippen MR) is 94.3 cm³/mol. The molecule has 7 heteroatoms. The number of amides is 2. The Morgan fingerprint density at radius 3 is 2.40 bits per heavy atom. The van der Waals surface area contributed by atoms with Crippen LogP contribution in [0.1, 0.15) is 44.6 Å². The summed E-state index contributed by atoms with van der Waals surface area (Å²) in [5, 5.41) is 2.61. The number of rotatable bonds is 2. The van der Waals surface area contributed by atoms with E-state index in [0.29, 0.717) is 30.5 Å². The molecular weight excluding hydrogens is 343 g/mol. The number of urea groups is 1. The number of halogens is 1. The van der Waals surface area contributed by atoms with Crippen LogP contribution in [-0.2, 0) is 10.0 Å². The SMILES string of the molecule is [CH2]C1=C(c2ccc(F)cc2)S(=O)(=O)N(C(=O)NCC)C12CCCCC2. The van der Waals surface area contributed by atoms with Crippen molar-refractivity contribution >= 4 is 21.0 Å². The molecule has 1 aromatic rings. The first-order valence-electron chi connectivity index (χ1n) is 8.50. The molecule has 0 unspecified atom stereocenters. The average Bonchev–Trinajstić information content (AvgIpc) is 2.73. The van der Waals surface area contributed by atoms with E-state index in [1.165, 1.54) is 24.3 Å². The van der Waals surface area contributed by atoms with Gasteiger partial charge in [0.25, 0.3) is 10.0 Å². The van der Waals surface area contributed by atoms with Crippen LogP contribution in [0.25, 0.3) is 4.91 Å². The van der Waals surface area contributed by atoms with E-state index in [0.717, 1.165) is 23.6 Å². The molecule has 1 N–H and O–H groups in total. The van der Waals surface area contributed by atoms with Crippen LogP contribution < -0.4 is 5.32 Å². The Morgan fingerprint density at radius 2 is 1.84 bits per heavy atom. The van der Waals surface area contributed by atoms with E-state index in [1.54, 1.807) is 6.92 Å². The largest absolute Gasteiger partial charge is 0.337 e. The van der Waals surface area contributed by atoms with Gasteiger partial charge in [-0.15, -0.1) is 0 Å². The maximum atomic E-state index is 13.3. The lowest BCUT2D eigenvalue weighted by atomic mass is 9.76. The van der Waals surface area contributed by atoms with Crippen molar-refractivity contribution in [1.82, 2.24) is 9.62 Å². The second-order valence-electron chi connectivity index (χ2n) is 6.51. The molecule has 1 aliphatic carbocycles. The van der Waals surface area contributed by atoms with Crippen molar-refractivity contribution < 1.29 is 17.6 Å². The molecule has 2 aliphatic rings. The van der Waals surface area contributed by atoms with E-state index in [-0.39, 0.29) is 4.91 Å². The van der Waals surface area contributed by atoms with Crippen LogP contribution in [0.3, 0.4) is 0 Å². The maximum absolute atomic E-state index is 13.3. The Kier molecular flexibility index (Phi) is 4.62. The van der Waals surface area contributed by atoms with Crippen molar-refractivity contribution in [1.29, 1.82) is 0 Å². The monoisotopic (exact) mass is 365 g/mol. The lowest BCUT2D eigenvalue weighted by molar-refractivity contribution is 0.169. The van der Waals surface area contributed by atoms with Gasteiger partial charge in [0, 0.05) is 6.54 Å². The molecule has 1 aromatic carbocycles. The molecule has 3 rings (SSSR count). The molecule has 1 radical (unpaired) electrons. The quantitative estimate of drug-likeness (QED) is 0.873. The van der Waals surface area contributed by atoms with Gasteiger partial charge in [-0.25, -0.2) is 21.9 Å². The van der Waals surface area contributed by atoms with Crippen LogP contribution in [-0.4, -0.2) is 30.8 Å². The maximum Gasteiger partial charge on any atom is 0.332 e. The predicted octanol–water partition coefficient (Wildman–Crippen LogP) is 3.45. The van der Waals surface area contributed by atoms with Gasteiger partial charge in [0.15, 0.2) is 0 Å². The fraction of sp³-hybridized carbons (Fsp3) is 0.444. The summed E-state index contributed by atoms with van der Waals surface area (Å²) >= 11 is 0. The molecule has 1 saturated carbocycles. The van der Waals surface area contributed by atoms with Crippen LogP contribution in [0.5, 0.6) is 0 Å². The van der Waals surface area contributed by atoms with E-state index in [9.17, 15) is 17.6 Å². The molecule has 1 heterocycles. The Morgan fingerprint density at radius 1 is 1.24 bits per heavy atom. The first-order valence-corrected chi connectivity index (χ1v) is 9.94. The molecule has 1 fully saturated rings. The molecule has 0 saturated heterocycles. The van der Waals surface area contributed by atoms with E-state index in [1.807, 2.05) is 0 Å². The lowest BCUT2D eigenvalue weighted by Gasteiger charge is -2.41. The molecular formula is C18H22FN2O3S. The van der Waals surface area contributed by atoms with E-state index < -0.39 is 27.4 Å². The highest BCUT2D eigenvalue weighted by Crippen LogP contribution is 2.51. The second kappa shape index (κ2) is 6.44. The third kappa shape index (κ3) is 2.74. The Balaban J connectivity index is 2.19. The van der Waals surface area contributed by atoms with Crippen LogP contribution in [0.2, 0.25) is 0 Å². The zero-order chi connectivity index (χ0) is 18.2. The standard InChI is InChI=1S/C18H22FN2O3S/c1-3-20-17(22)21-18(11-5-4-6-12-18)13(2)16(25(21,23)24)14-7-9-15(19)10-8-14/h7-10H,2-6,11-12H2,1H3,(H,20,22). The van der Waals surface area contributed by atoms with Crippen LogP contribution in [0.15, 0.2) is 29.8 Å². The van der Waals surface area contributed by atoms with Crippen molar-refractivity contribution in [3.8, 4) is 0 Å². The second-order valence-corrected chi connectivity index (χ2v) is 8.24. The molecule has 0 aromatic heterocycles. The van der Waals surface area contributed by atoms with Gasteiger partial charge < -0.3 is 5.32 Å². The fourth-order valence-corrected chi connectivity index (χ4v) is 6.06. The van der Waals surface area contributed by atoms with Crippen molar-refractivity contribution in [2.24, 2.45) is 0 Å². The summed E-state index contributed by atoms with van der Waals surface area (Å²) in [6, 6.07) is 4.65. The van der Waals surface area contributed by atoms with E-state index >= 15 is 0 Å². The first-order chi connectivity index (χ1) is 11.8. The summed E-state index contributed by atoms with van der Waals surface area (Å²) < 4.78 is 40.8. The number of benzene rings is 1. The lowest BCUT2D eigenvalue weighted by Crippen LogP contribution is -2.55. The summed E-state index contributed by atoms with van der Waals surface area (Å²) in [6.45, 7) is 6.14. The Hall–Kier alpha value is -1.89. The number of carbonyl (C=O) groups is 1. The number of nitrogens with one attached hydrogen (secondary N) is 1. The van der Waals surface area contributed by atoms with Gasteiger partial charge in [0.1, 0.15) is 5.82 Å². The van der Waals surface area contributed by atoms with Crippen molar-refractivity contribution in [2.45, 2.75) is 44.6 Å². The molecule has 0 bridgehead atoms. The van der Waals surface area contributed by atoms with E-state index in [4.69, 9.17) is 0 Å². The highest BCUT2D eigenvalue weighted by Gasteiger charge is 2.56. The Labute approximate surface area is 148 Å². The molecule has 1 aliphatic heterocycles. The Bertz CT molecular complexity index is 809. The van der Waals surface area contributed by atoms with Crippen LogP contribution in [0.4, 0.5) is 9.18 Å². The van der Waals surface area contributed by atoms with E-state index in [2.05, 4.69) is 12.2 Å². The van der Waals surface area contributed by atoms with Gasteiger partial charge in [-0.3, -0.25) is 0 Å². The minimum Gasteiger partial charge on any atom is -0.337 e. The zero-order valence-electron chi connectivity index (χ0n) is 14.2. The van der Waals surface area contributed by atoms with Gasteiger partial charge in [0.2, 0.25) is 0 Å². The summed E-state index contributed by atoms with van der Waals surface area (Å²) in [7, 11) is -4.06. The summed E-state index contributed by atoms with van der Waals surface area (Å²) in [4.78, 5) is 12.7. The first kappa shape index (κ1) is 17.9. The smallest absolute Gasteiger partial charge is 0.332 e. The number of sulfonamides is 1. The number of nitrogens with zero attached hydrogens (tertiary/aromatic N) is 1. The minimum atomic E-state index is -4.06. The van der Waals surface area contributed by atoms with Gasteiger partial charge in [0.05, 0.1) is 10.4 Å². The third-order valence-electron chi connectivity index (χ3n) is 5.02. The van der Waals surface area contributed by atoms with Gasteiger partial charge in [-0.1, -0.05) is 31.4 Å². The fourth-order valence-electron chi connectivity index (χ4n) is 3.90. The van der Waals surface area contributed by atoms with Crippen LogP contribution >= 0.6 is 0 Å². The topological polar surface area (TPSA) is 66.5 Å². The summed E-state index contributed by atoms with van der Waals surface area (Å²) in [6.07, 6.45) is 3.80. The molecule has 2 amide bonds. The van der Waals surface area contributed by atoms with Gasteiger partial charge in [-0.05, 0) is 50.0 Å². The number of hydrogen-bond donors (Lipinski definition) is 1. The highest BCUT2D eigenvalue weighted by atomic mass is 32.2. The van der Waals surface area contributed by atoms with Crippen LogP contribution in [0, 0.1) is 12.7 Å². The molecule has 1 spiro atoms. The van der Waals surface area contributed by atoms with Crippen molar-refractivity contribution in [2.75, 3.05) is 6.54 Å². The van der Waals surface area contributed by atoms with Gasteiger partial charge in [-0.2, -0.15) is 0 Å². The molecule has 25 heavy (non-hydrogen) atoms. The minimum absolute atomic E-state index is 0.0284. The normalized spacial score (nSPS) is 21.6. The summed E-state index contributed by atoms with van der Waals surface area (Å²) in [5.74, 6) is -0.446. The average molecular weight is 365 g/mol. The highest BCUT2D eigenvalue weighted by molar-refractivity contribution is 7.99. The molecule has 135 valence electrons. The zero-order valence-corrected chi connectivity index (χ0v) is 15.0. The molecule has 0 atom stereocenters. The number of hydrogen-bond acceptors (Lipinski definition) is 3. The number of carbonyl (C=O) groups excluding carboxylic acids is 1. The van der Waals surface area contributed by atoms with Crippen molar-refractivity contribution in [3.63, 3.8) is 0 Å². The van der Waals surface area contributed by atoms with Crippen molar-refractivity contribution in [3.05, 3.63) is 48.1 Å².